The number of hydrogen-bond donors (Lipinski definition) is 3. The average Bonchev–Trinajstić information content (AvgIpc) is 2.34. The molecule has 0 amide bonds. The molecule has 0 aliphatic carbocycles. The van der Waals surface area contributed by atoms with E-state index < -0.39 is 7.60 Å². The summed E-state index contributed by atoms with van der Waals surface area (Å²) in [6, 6.07) is 13.8. The van der Waals surface area contributed by atoms with Crippen molar-refractivity contribution in [3.8, 4) is 0 Å². The van der Waals surface area contributed by atoms with Gasteiger partial charge in [-0.2, -0.15) is 0 Å². The van der Waals surface area contributed by atoms with Crippen LogP contribution in [0.5, 0.6) is 0 Å². The van der Waals surface area contributed by atoms with E-state index in [2.05, 4.69) is 5.32 Å². The Bertz CT molecular complexity index is 588. The summed E-state index contributed by atoms with van der Waals surface area (Å²) in [6.07, 6.45) is -0.308. The van der Waals surface area contributed by atoms with Crippen molar-refractivity contribution in [1.29, 1.82) is 0 Å². The number of hydrogen-bond acceptors (Lipinski definition) is 2. The standard InChI is InChI=1S/C13H16NO3P/c1-10(14-9-18(15,16)17)12-8-4-6-11-5-2-3-7-13(11)12/h2-8,10,14H,9H2,1H3,(H2,15,16,17). The first-order chi connectivity index (χ1) is 8.47. The zero-order valence-corrected chi connectivity index (χ0v) is 11.0. The minimum atomic E-state index is -4.01. The molecular weight excluding hydrogens is 249 g/mol. The Kier molecular flexibility index (Phi) is 3.83. The van der Waals surface area contributed by atoms with Crippen LogP contribution in [0.15, 0.2) is 42.5 Å². The molecule has 0 aromatic heterocycles. The maximum Gasteiger partial charge on any atom is 0.339 e. The predicted molar refractivity (Wildman–Crippen MR) is 72.4 cm³/mol. The molecule has 0 spiro atoms. The Balaban J connectivity index is 2.28. The first-order valence-corrected chi connectivity index (χ1v) is 7.53. The Labute approximate surface area is 106 Å². The molecule has 4 nitrogen and oxygen atoms in total. The smallest absolute Gasteiger partial charge is 0.324 e. The Morgan fingerprint density at radius 2 is 1.83 bits per heavy atom. The molecule has 3 N–H and O–H groups in total. The van der Waals surface area contributed by atoms with Crippen LogP contribution in [0.25, 0.3) is 10.8 Å². The molecule has 0 heterocycles. The van der Waals surface area contributed by atoms with E-state index in [1.54, 1.807) is 0 Å². The molecule has 0 aliphatic heterocycles. The van der Waals surface area contributed by atoms with Crippen molar-refractivity contribution in [2.45, 2.75) is 13.0 Å². The summed E-state index contributed by atoms with van der Waals surface area (Å²) in [7, 11) is -4.01. The molecule has 0 bridgehead atoms. The second-order valence-electron chi connectivity index (χ2n) is 4.32. The van der Waals surface area contributed by atoms with E-state index in [0.29, 0.717) is 0 Å². The molecule has 2 rings (SSSR count). The van der Waals surface area contributed by atoms with Gasteiger partial charge in [0.25, 0.3) is 0 Å². The fourth-order valence-electron chi connectivity index (χ4n) is 1.99. The highest BCUT2D eigenvalue weighted by Gasteiger charge is 2.15. The van der Waals surface area contributed by atoms with E-state index in [1.807, 2.05) is 49.4 Å². The van der Waals surface area contributed by atoms with Crippen molar-refractivity contribution in [2.24, 2.45) is 0 Å². The van der Waals surface area contributed by atoms with Gasteiger partial charge in [-0.25, -0.2) is 0 Å². The molecule has 0 saturated carbocycles. The molecular formula is C13H16NO3P. The van der Waals surface area contributed by atoms with Gasteiger partial charge >= 0.3 is 7.60 Å². The van der Waals surface area contributed by atoms with Crippen LogP contribution in [0.1, 0.15) is 18.5 Å². The first-order valence-electron chi connectivity index (χ1n) is 5.73. The molecule has 1 atom stereocenters. The van der Waals surface area contributed by atoms with E-state index in [-0.39, 0.29) is 12.3 Å². The van der Waals surface area contributed by atoms with Gasteiger partial charge < -0.3 is 9.79 Å². The van der Waals surface area contributed by atoms with E-state index in [9.17, 15) is 4.57 Å². The lowest BCUT2D eigenvalue weighted by molar-refractivity contribution is 0.364. The molecule has 18 heavy (non-hydrogen) atoms. The van der Waals surface area contributed by atoms with Crippen molar-refractivity contribution >= 4 is 18.4 Å². The molecule has 0 aliphatic rings. The lowest BCUT2D eigenvalue weighted by Crippen LogP contribution is -2.20. The zero-order valence-electron chi connectivity index (χ0n) is 10.1. The normalized spacial score (nSPS) is 13.7. The van der Waals surface area contributed by atoms with Gasteiger partial charge in [-0.1, -0.05) is 42.5 Å². The maximum atomic E-state index is 10.9. The number of nitrogens with one attached hydrogen (secondary N) is 1. The first kappa shape index (κ1) is 13.2. The van der Waals surface area contributed by atoms with E-state index in [4.69, 9.17) is 9.79 Å². The lowest BCUT2D eigenvalue weighted by Gasteiger charge is -2.17. The summed E-state index contributed by atoms with van der Waals surface area (Å²) in [6.45, 7) is 1.90. The van der Waals surface area contributed by atoms with Crippen LogP contribution in [0, 0.1) is 0 Å². The zero-order chi connectivity index (χ0) is 13.2. The van der Waals surface area contributed by atoms with E-state index in [0.717, 1.165) is 16.3 Å². The topological polar surface area (TPSA) is 69.6 Å². The second kappa shape index (κ2) is 5.21. The fraction of sp³-hybridized carbons (Fsp3) is 0.231. The Hall–Kier alpha value is -1.19. The summed E-state index contributed by atoms with van der Waals surface area (Å²) in [5.74, 6) is 0. The quantitative estimate of drug-likeness (QED) is 0.743. The van der Waals surface area contributed by atoms with Crippen molar-refractivity contribution in [3.63, 3.8) is 0 Å². The average molecular weight is 265 g/mol. The van der Waals surface area contributed by atoms with Gasteiger partial charge in [-0.3, -0.25) is 9.88 Å². The Morgan fingerprint density at radius 1 is 1.17 bits per heavy atom. The van der Waals surface area contributed by atoms with Crippen LogP contribution >= 0.6 is 7.60 Å². The van der Waals surface area contributed by atoms with Crippen molar-refractivity contribution in [2.75, 3.05) is 6.29 Å². The summed E-state index contributed by atoms with van der Waals surface area (Å²) >= 11 is 0. The van der Waals surface area contributed by atoms with Crippen molar-refractivity contribution in [3.05, 3.63) is 48.0 Å². The van der Waals surface area contributed by atoms with Gasteiger partial charge in [0, 0.05) is 6.04 Å². The van der Waals surface area contributed by atoms with Gasteiger partial charge in [0.1, 0.15) is 0 Å². The highest BCUT2D eigenvalue weighted by atomic mass is 31.2. The van der Waals surface area contributed by atoms with Crippen LogP contribution in [-0.4, -0.2) is 16.1 Å². The molecule has 2 aromatic carbocycles. The molecule has 1 unspecified atom stereocenters. The third-order valence-electron chi connectivity index (χ3n) is 2.89. The third-order valence-corrected chi connectivity index (χ3v) is 3.49. The van der Waals surface area contributed by atoms with Gasteiger partial charge in [0.2, 0.25) is 0 Å². The van der Waals surface area contributed by atoms with Crippen molar-refractivity contribution < 1.29 is 14.4 Å². The summed E-state index contributed by atoms with van der Waals surface area (Å²) in [5.41, 5.74) is 1.04. The fourth-order valence-corrected chi connectivity index (χ4v) is 2.51. The predicted octanol–water partition coefficient (Wildman–Crippen LogP) is 2.63. The monoisotopic (exact) mass is 265 g/mol. The van der Waals surface area contributed by atoms with Gasteiger partial charge in [0.15, 0.2) is 0 Å². The van der Waals surface area contributed by atoms with E-state index >= 15 is 0 Å². The number of fused-ring (bicyclic) bond motifs is 1. The highest BCUT2D eigenvalue weighted by Crippen LogP contribution is 2.33. The highest BCUT2D eigenvalue weighted by molar-refractivity contribution is 7.51. The van der Waals surface area contributed by atoms with Crippen molar-refractivity contribution in [1.82, 2.24) is 5.32 Å². The van der Waals surface area contributed by atoms with Gasteiger partial charge in [-0.15, -0.1) is 0 Å². The maximum absolute atomic E-state index is 10.9. The van der Waals surface area contributed by atoms with Gasteiger partial charge in [0.05, 0.1) is 6.29 Å². The summed E-state index contributed by atoms with van der Waals surface area (Å²) in [5, 5.41) is 5.10. The second-order valence-corrected chi connectivity index (χ2v) is 5.96. The minimum absolute atomic E-state index is 0.108. The number of benzene rings is 2. The number of rotatable bonds is 4. The van der Waals surface area contributed by atoms with E-state index in [1.165, 1.54) is 0 Å². The molecule has 0 saturated heterocycles. The van der Waals surface area contributed by atoms with Gasteiger partial charge in [-0.05, 0) is 23.3 Å². The lowest BCUT2D eigenvalue weighted by atomic mass is 10.00. The van der Waals surface area contributed by atoms with Crippen LogP contribution in [0.3, 0.4) is 0 Å². The van der Waals surface area contributed by atoms with Crippen LogP contribution in [0.4, 0.5) is 0 Å². The van der Waals surface area contributed by atoms with Crippen LogP contribution in [0.2, 0.25) is 0 Å². The molecule has 0 radical (unpaired) electrons. The molecule has 96 valence electrons. The third kappa shape index (κ3) is 3.18. The summed E-state index contributed by atoms with van der Waals surface area (Å²) in [4.78, 5) is 17.8. The van der Waals surface area contributed by atoms with Crippen LogP contribution < -0.4 is 5.32 Å². The largest absolute Gasteiger partial charge is 0.339 e. The minimum Gasteiger partial charge on any atom is -0.324 e. The summed E-state index contributed by atoms with van der Waals surface area (Å²) < 4.78 is 10.9. The molecule has 5 heteroatoms. The SMILES string of the molecule is CC(NCP(=O)(O)O)c1cccc2ccccc12. The molecule has 0 fully saturated rings. The van der Waals surface area contributed by atoms with Crippen LogP contribution in [-0.2, 0) is 4.57 Å². The Morgan fingerprint density at radius 3 is 2.56 bits per heavy atom. The molecule has 2 aromatic rings.